The smallest absolute Gasteiger partial charge is 0.241 e. The van der Waals surface area contributed by atoms with Gasteiger partial charge in [-0.2, -0.15) is 0 Å². The van der Waals surface area contributed by atoms with Gasteiger partial charge in [-0.3, -0.25) is 4.79 Å². The van der Waals surface area contributed by atoms with Crippen LogP contribution in [-0.4, -0.2) is 19.0 Å². The van der Waals surface area contributed by atoms with E-state index in [0.29, 0.717) is 0 Å². The number of piperidine rings is 1. The third kappa shape index (κ3) is 3.24. The molecular weight excluding hydrogens is 260 g/mol. The van der Waals surface area contributed by atoms with E-state index in [2.05, 4.69) is 35.2 Å². The predicted octanol–water partition coefficient (Wildman–Crippen LogP) is 3.33. The van der Waals surface area contributed by atoms with E-state index in [1.54, 1.807) is 6.08 Å². The van der Waals surface area contributed by atoms with Gasteiger partial charge in [-0.05, 0) is 59.9 Å². The summed E-state index contributed by atoms with van der Waals surface area (Å²) in [6, 6.07) is 12.8. The summed E-state index contributed by atoms with van der Waals surface area (Å²) in [7, 11) is 0. The Labute approximate surface area is 125 Å². The summed E-state index contributed by atoms with van der Waals surface area (Å²) in [6.07, 6.45) is 7.06. The number of fused-ring (bicyclic) bond motifs is 1. The lowest BCUT2D eigenvalue weighted by molar-refractivity contribution is -0.113. The van der Waals surface area contributed by atoms with Crippen molar-refractivity contribution in [1.29, 1.82) is 0 Å². The summed E-state index contributed by atoms with van der Waals surface area (Å²) < 4.78 is 0. The zero-order chi connectivity index (χ0) is 14.7. The monoisotopic (exact) mass is 280 g/mol. The largest absolute Gasteiger partial charge is 0.372 e. The average Bonchev–Trinajstić information content (AvgIpc) is 2.53. The summed E-state index contributed by atoms with van der Waals surface area (Å²) in [6.45, 7) is 2.32. The number of hydrogen-bond acceptors (Lipinski definition) is 2. The maximum atomic E-state index is 10.8. The SMILES string of the molecule is NC(=O)C=Cc1ccc2cc(N3CCCCC3)ccc2c1. The Hall–Kier alpha value is -2.29. The minimum atomic E-state index is -0.421. The van der Waals surface area contributed by atoms with Gasteiger partial charge in [-0.1, -0.05) is 18.2 Å². The molecule has 0 saturated carbocycles. The lowest BCUT2D eigenvalue weighted by atomic mass is 10.0. The average molecular weight is 280 g/mol. The molecule has 2 N–H and O–H groups in total. The molecule has 3 rings (SSSR count). The van der Waals surface area contributed by atoms with Crippen molar-refractivity contribution in [2.24, 2.45) is 5.73 Å². The third-order valence-corrected chi connectivity index (χ3v) is 4.01. The van der Waals surface area contributed by atoms with E-state index in [4.69, 9.17) is 5.73 Å². The Morgan fingerprint density at radius 3 is 2.48 bits per heavy atom. The molecule has 1 aliphatic rings. The molecule has 0 aliphatic carbocycles. The van der Waals surface area contributed by atoms with Crippen LogP contribution < -0.4 is 10.6 Å². The van der Waals surface area contributed by atoms with Gasteiger partial charge in [-0.15, -0.1) is 0 Å². The number of amides is 1. The van der Waals surface area contributed by atoms with Gasteiger partial charge in [0.1, 0.15) is 0 Å². The van der Waals surface area contributed by atoms with Crippen molar-refractivity contribution in [2.75, 3.05) is 18.0 Å². The van der Waals surface area contributed by atoms with E-state index in [1.165, 1.54) is 41.8 Å². The van der Waals surface area contributed by atoms with Crippen molar-refractivity contribution < 1.29 is 4.79 Å². The number of benzene rings is 2. The Morgan fingerprint density at radius 1 is 1.00 bits per heavy atom. The number of hydrogen-bond donors (Lipinski definition) is 1. The molecule has 21 heavy (non-hydrogen) atoms. The number of nitrogens with two attached hydrogens (primary N) is 1. The maximum Gasteiger partial charge on any atom is 0.241 e. The van der Waals surface area contributed by atoms with Crippen molar-refractivity contribution in [3.8, 4) is 0 Å². The van der Waals surface area contributed by atoms with E-state index >= 15 is 0 Å². The van der Waals surface area contributed by atoms with Crippen molar-refractivity contribution >= 4 is 28.4 Å². The van der Waals surface area contributed by atoms with Crippen LogP contribution in [0.2, 0.25) is 0 Å². The normalized spacial score (nSPS) is 15.7. The second kappa shape index (κ2) is 6.00. The van der Waals surface area contributed by atoms with Crippen LogP contribution in [0.25, 0.3) is 16.8 Å². The van der Waals surface area contributed by atoms with Crippen molar-refractivity contribution in [1.82, 2.24) is 0 Å². The third-order valence-electron chi connectivity index (χ3n) is 4.01. The quantitative estimate of drug-likeness (QED) is 0.877. The molecule has 1 amide bonds. The lowest BCUT2D eigenvalue weighted by Gasteiger charge is -2.29. The molecule has 0 atom stereocenters. The van der Waals surface area contributed by atoms with Crippen LogP contribution in [0.15, 0.2) is 42.5 Å². The highest BCUT2D eigenvalue weighted by molar-refractivity contribution is 5.92. The van der Waals surface area contributed by atoms with Gasteiger partial charge in [0, 0.05) is 24.9 Å². The molecule has 108 valence electrons. The number of rotatable bonds is 3. The molecule has 0 bridgehead atoms. The van der Waals surface area contributed by atoms with Gasteiger partial charge in [0.2, 0.25) is 5.91 Å². The van der Waals surface area contributed by atoms with Gasteiger partial charge in [0.25, 0.3) is 0 Å². The van der Waals surface area contributed by atoms with Crippen molar-refractivity contribution in [3.05, 3.63) is 48.0 Å². The molecule has 3 nitrogen and oxygen atoms in total. The van der Waals surface area contributed by atoms with Gasteiger partial charge < -0.3 is 10.6 Å². The number of nitrogens with zero attached hydrogens (tertiary/aromatic N) is 1. The summed E-state index contributed by atoms with van der Waals surface area (Å²) in [4.78, 5) is 13.2. The van der Waals surface area contributed by atoms with Crippen LogP contribution >= 0.6 is 0 Å². The molecule has 3 heteroatoms. The molecule has 0 aromatic heterocycles. The van der Waals surface area contributed by atoms with Gasteiger partial charge >= 0.3 is 0 Å². The fourth-order valence-corrected chi connectivity index (χ4v) is 2.88. The minimum absolute atomic E-state index is 0.421. The standard InChI is InChI=1S/C18H20N2O/c19-18(21)9-5-14-4-6-16-13-17(8-7-15(16)12-14)20-10-2-1-3-11-20/h4-9,12-13H,1-3,10-11H2,(H2,19,21). The molecule has 2 aromatic carbocycles. The number of anilines is 1. The zero-order valence-corrected chi connectivity index (χ0v) is 12.1. The molecule has 1 saturated heterocycles. The van der Waals surface area contributed by atoms with Crippen LogP contribution in [-0.2, 0) is 4.79 Å². The van der Waals surface area contributed by atoms with Crippen LogP contribution in [0.4, 0.5) is 5.69 Å². The minimum Gasteiger partial charge on any atom is -0.372 e. The Kier molecular flexibility index (Phi) is 3.91. The van der Waals surface area contributed by atoms with E-state index in [-0.39, 0.29) is 0 Å². The molecule has 1 heterocycles. The number of primary amides is 1. The van der Waals surface area contributed by atoms with Gasteiger partial charge in [0.05, 0.1) is 0 Å². The Morgan fingerprint density at radius 2 is 1.71 bits per heavy atom. The second-order valence-electron chi connectivity index (χ2n) is 5.57. The topological polar surface area (TPSA) is 46.3 Å². The van der Waals surface area contributed by atoms with Crippen LogP contribution in [0, 0.1) is 0 Å². The first-order valence-electron chi connectivity index (χ1n) is 7.49. The summed E-state index contributed by atoms with van der Waals surface area (Å²) in [5, 5.41) is 2.41. The molecule has 2 aromatic rings. The fraction of sp³-hybridized carbons (Fsp3) is 0.278. The van der Waals surface area contributed by atoms with Crippen molar-refractivity contribution in [3.63, 3.8) is 0 Å². The molecular formula is C18H20N2O. The first kappa shape index (κ1) is 13.7. The second-order valence-corrected chi connectivity index (χ2v) is 5.57. The zero-order valence-electron chi connectivity index (χ0n) is 12.1. The van der Waals surface area contributed by atoms with E-state index in [9.17, 15) is 4.79 Å². The fourth-order valence-electron chi connectivity index (χ4n) is 2.88. The van der Waals surface area contributed by atoms with E-state index < -0.39 is 5.91 Å². The Bertz CT molecular complexity index is 685. The molecule has 0 radical (unpaired) electrons. The number of carbonyl (C=O) groups is 1. The first-order chi connectivity index (χ1) is 10.2. The van der Waals surface area contributed by atoms with Gasteiger partial charge in [0.15, 0.2) is 0 Å². The molecule has 0 spiro atoms. The van der Waals surface area contributed by atoms with Gasteiger partial charge in [-0.25, -0.2) is 0 Å². The summed E-state index contributed by atoms with van der Waals surface area (Å²) in [5.74, 6) is -0.421. The highest BCUT2D eigenvalue weighted by Gasteiger charge is 2.10. The molecule has 1 aliphatic heterocycles. The van der Waals surface area contributed by atoms with E-state index in [1.807, 2.05) is 6.07 Å². The molecule has 1 fully saturated rings. The summed E-state index contributed by atoms with van der Waals surface area (Å²) in [5.41, 5.74) is 7.42. The van der Waals surface area contributed by atoms with Crippen LogP contribution in [0.5, 0.6) is 0 Å². The predicted molar refractivity (Wildman–Crippen MR) is 88.2 cm³/mol. The lowest BCUT2D eigenvalue weighted by Crippen LogP contribution is -2.29. The van der Waals surface area contributed by atoms with Crippen molar-refractivity contribution in [2.45, 2.75) is 19.3 Å². The van der Waals surface area contributed by atoms with E-state index in [0.717, 1.165) is 18.7 Å². The number of carbonyl (C=O) groups excluding carboxylic acids is 1. The van der Waals surface area contributed by atoms with Crippen LogP contribution in [0.1, 0.15) is 24.8 Å². The highest BCUT2D eigenvalue weighted by Crippen LogP contribution is 2.25. The maximum absolute atomic E-state index is 10.8. The first-order valence-corrected chi connectivity index (χ1v) is 7.49. The van der Waals surface area contributed by atoms with Crippen LogP contribution in [0.3, 0.4) is 0 Å². The Balaban J connectivity index is 1.88. The highest BCUT2D eigenvalue weighted by atomic mass is 16.1. The molecule has 0 unspecified atom stereocenters. The summed E-state index contributed by atoms with van der Waals surface area (Å²) >= 11 is 0.